The van der Waals surface area contributed by atoms with Crippen molar-refractivity contribution in [3.05, 3.63) is 88.5 Å². The Morgan fingerprint density at radius 2 is 1.62 bits per heavy atom. The number of carbonyl (C=O) groups excluding carboxylic acids is 1. The maximum Gasteiger partial charge on any atom is 0.264 e. The van der Waals surface area contributed by atoms with E-state index in [1.807, 2.05) is 31.2 Å². The first-order valence-electron chi connectivity index (χ1n) is 11.0. The highest BCUT2D eigenvalue weighted by Crippen LogP contribution is 2.34. The zero-order valence-corrected chi connectivity index (χ0v) is 19.5. The fourth-order valence-corrected chi connectivity index (χ4v) is 5.69. The van der Waals surface area contributed by atoms with Crippen molar-refractivity contribution < 1.29 is 13.2 Å². The molecule has 3 aromatic carbocycles. The van der Waals surface area contributed by atoms with Gasteiger partial charge in [-0.2, -0.15) is 0 Å². The van der Waals surface area contributed by atoms with E-state index in [0.29, 0.717) is 24.2 Å². The summed E-state index contributed by atoms with van der Waals surface area (Å²) in [7, 11) is -3.64. The number of sulfonamides is 1. The zero-order valence-electron chi connectivity index (χ0n) is 18.7. The Labute approximate surface area is 190 Å². The SMILES string of the molecule is CCc1cccc(CC)c1NC(=O)c1ccc2c(c1)CCN2S(=O)(=O)c1ccc(C)cc1. The zero-order chi connectivity index (χ0) is 22.9. The number of carbonyl (C=O) groups is 1. The number of nitrogens with one attached hydrogen (secondary N) is 1. The summed E-state index contributed by atoms with van der Waals surface area (Å²) in [6.07, 6.45) is 2.24. The lowest BCUT2D eigenvalue weighted by molar-refractivity contribution is 0.102. The first kappa shape index (κ1) is 22.1. The third-order valence-corrected chi connectivity index (χ3v) is 7.87. The van der Waals surface area contributed by atoms with Crippen LogP contribution in [0.4, 0.5) is 11.4 Å². The van der Waals surface area contributed by atoms with Gasteiger partial charge in [0, 0.05) is 17.8 Å². The van der Waals surface area contributed by atoms with Crippen LogP contribution < -0.4 is 9.62 Å². The molecular formula is C26H28N2O3S. The summed E-state index contributed by atoms with van der Waals surface area (Å²) in [6.45, 7) is 6.44. The lowest BCUT2D eigenvalue weighted by Gasteiger charge is -2.20. The van der Waals surface area contributed by atoms with E-state index in [-0.39, 0.29) is 10.8 Å². The topological polar surface area (TPSA) is 66.5 Å². The number of anilines is 2. The second-order valence-electron chi connectivity index (χ2n) is 8.10. The predicted molar refractivity (Wildman–Crippen MR) is 129 cm³/mol. The standard InChI is InChI=1S/C26H28N2O3S/c1-4-19-7-6-8-20(5-2)25(19)27-26(29)22-11-14-24-21(17-22)15-16-28(24)32(30,31)23-12-9-18(3)10-13-23/h6-14,17H,4-5,15-16H2,1-3H3,(H,27,29). The number of nitrogens with zero attached hydrogens (tertiary/aromatic N) is 1. The molecule has 1 aliphatic rings. The Morgan fingerprint density at radius 3 is 2.25 bits per heavy atom. The molecule has 0 bridgehead atoms. The second-order valence-corrected chi connectivity index (χ2v) is 9.96. The maximum atomic E-state index is 13.2. The van der Waals surface area contributed by atoms with Crippen LogP contribution in [0.25, 0.3) is 0 Å². The average molecular weight is 449 g/mol. The third kappa shape index (κ3) is 4.02. The molecule has 0 aromatic heterocycles. The van der Waals surface area contributed by atoms with Crippen molar-refractivity contribution >= 4 is 27.3 Å². The Morgan fingerprint density at radius 1 is 0.969 bits per heavy atom. The van der Waals surface area contributed by atoms with Crippen LogP contribution in [0.2, 0.25) is 0 Å². The quantitative estimate of drug-likeness (QED) is 0.569. The van der Waals surface area contributed by atoms with Crippen molar-refractivity contribution in [3.8, 4) is 0 Å². The van der Waals surface area contributed by atoms with Crippen molar-refractivity contribution in [1.29, 1.82) is 0 Å². The summed E-state index contributed by atoms with van der Waals surface area (Å²) >= 11 is 0. The van der Waals surface area contributed by atoms with Crippen LogP contribution in [0.5, 0.6) is 0 Å². The molecule has 0 spiro atoms. The Hall–Kier alpha value is -3.12. The molecule has 166 valence electrons. The Kier molecular flexibility index (Phi) is 6.07. The van der Waals surface area contributed by atoms with Crippen LogP contribution in [0, 0.1) is 6.92 Å². The van der Waals surface area contributed by atoms with Gasteiger partial charge in [-0.25, -0.2) is 8.42 Å². The highest BCUT2D eigenvalue weighted by molar-refractivity contribution is 7.92. The minimum Gasteiger partial charge on any atom is -0.321 e. The molecule has 0 radical (unpaired) electrons. The van der Waals surface area contributed by atoms with Crippen LogP contribution >= 0.6 is 0 Å². The molecule has 0 saturated heterocycles. The smallest absolute Gasteiger partial charge is 0.264 e. The van der Waals surface area contributed by atoms with Gasteiger partial charge in [-0.15, -0.1) is 0 Å². The van der Waals surface area contributed by atoms with E-state index >= 15 is 0 Å². The molecule has 4 rings (SSSR count). The molecule has 6 heteroatoms. The van der Waals surface area contributed by atoms with E-state index in [1.54, 1.807) is 36.4 Å². The highest BCUT2D eigenvalue weighted by atomic mass is 32.2. The fraction of sp³-hybridized carbons (Fsp3) is 0.269. The van der Waals surface area contributed by atoms with E-state index in [2.05, 4.69) is 19.2 Å². The number of fused-ring (bicyclic) bond motifs is 1. The van der Waals surface area contributed by atoms with E-state index in [0.717, 1.165) is 40.8 Å². The van der Waals surface area contributed by atoms with E-state index in [9.17, 15) is 13.2 Å². The van der Waals surface area contributed by atoms with Crippen molar-refractivity contribution in [2.24, 2.45) is 0 Å². The summed E-state index contributed by atoms with van der Waals surface area (Å²) in [5, 5.41) is 3.09. The average Bonchev–Trinajstić information content (AvgIpc) is 3.23. The fourth-order valence-electron chi connectivity index (χ4n) is 4.19. The molecule has 3 aromatic rings. The summed E-state index contributed by atoms with van der Waals surface area (Å²) in [4.78, 5) is 13.3. The van der Waals surface area contributed by atoms with Crippen molar-refractivity contribution in [3.63, 3.8) is 0 Å². The molecule has 32 heavy (non-hydrogen) atoms. The van der Waals surface area contributed by atoms with Gasteiger partial charge in [0.1, 0.15) is 0 Å². The van der Waals surface area contributed by atoms with Gasteiger partial charge in [-0.3, -0.25) is 9.10 Å². The summed E-state index contributed by atoms with van der Waals surface area (Å²) in [5.41, 5.74) is 6.15. The monoisotopic (exact) mass is 448 g/mol. The molecule has 0 fully saturated rings. The van der Waals surface area contributed by atoms with Gasteiger partial charge in [-0.05, 0) is 73.2 Å². The van der Waals surface area contributed by atoms with Gasteiger partial charge in [0.2, 0.25) is 0 Å². The molecule has 0 atom stereocenters. The molecule has 0 saturated carbocycles. The van der Waals surface area contributed by atoms with Gasteiger partial charge in [0.05, 0.1) is 10.6 Å². The number of hydrogen-bond acceptors (Lipinski definition) is 3. The normalized spacial score (nSPS) is 13.2. The van der Waals surface area contributed by atoms with Gasteiger partial charge in [-0.1, -0.05) is 49.7 Å². The Balaban J connectivity index is 1.61. The minimum absolute atomic E-state index is 0.178. The first-order chi connectivity index (χ1) is 15.3. The number of amides is 1. The minimum atomic E-state index is -3.64. The van der Waals surface area contributed by atoms with Crippen molar-refractivity contribution in [2.45, 2.75) is 44.9 Å². The third-order valence-electron chi connectivity index (χ3n) is 6.04. The molecular weight excluding hydrogens is 420 g/mol. The molecule has 5 nitrogen and oxygen atoms in total. The van der Waals surface area contributed by atoms with Crippen LogP contribution in [-0.4, -0.2) is 20.9 Å². The number of aryl methyl sites for hydroxylation is 3. The van der Waals surface area contributed by atoms with Crippen LogP contribution in [-0.2, 0) is 29.3 Å². The van der Waals surface area contributed by atoms with E-state index in [4.69, 9.17) is 0 Å². The molecule has 1 aliphatic heterocycles. The van der Waals surface area contributed by atoms with Crippen LogP contribution in [0.15, 0.2) is 65.6 Å². The number of benzene rings is 3. The summed E-state index contributed by atoms with van der Waals surface area (Å²) < 4.78 is 27.8. The van der Waals surface area contributed by atoms with Gasteiger partial charge in [0.15, 0.2) is 0 Å². The molecule has 1 heterocycles. The van der Waals surface area contributed by atoms with Crippen molar-refractivity contribution in [2.75, 3.05) is 16.2 Å². The summed E-state index contributed by atoms with van der Waals surface area (Å²) in [5.74, 6) is -0.178. The van der Waals surface area contributed by atoms with Crippen LogP contribution in [0.1, 0.15) is 46.5 Å². The second kappa shape index (κ2) is 8.79. The van der Waals surface area contributed by atoms with E-state index < -0.39 is 10.0 Å². The summed E-state index contributed by atoms with van der Waals surface area (Å²) in [6, 6.07) is 18.2. The predicted octanol–water partition coefficient (Wildman–Crippen LogP) is 5.12. The number of para-hydroxylation sites is 1. The first-order valence-corrected chi connectivity index (χ1v) is 12.4. The van der Waals surface area contributed by atoms with E-state index in [1.165, 1.54) is 4.31 Å². The molecule has 0 aliphatic carbocycles. The Bertz CT molecular complexity index is 1240. The number of rotatable bonds is 6. The largest absolute Gasteiger partial charge is 0.321 e. The van der Waals surface area contributed by atoms with Gasteiger partial charge in [0.25, 0.3) is 15.9 Å². The molecule has 1 amide bonds. The molecule has 0 unspecified atom stereocenters. The molecule has 1 N–H and O–H groups in total. The van der Waals surface area contributed by atoms with Crippen LogP contribution in [0.3, 0.4) is 0 Å². The van der Waals surface area contributed by atoms with Crippen molar-refractivity contribution in [1.82, 2.24) is 0 Å². The van der Waals surface area contributed by atoms with Gasteiger partial charge < -0.3 is 5.32 Å². The highest BCUT2D eigenvalue weighted by Gasteiger charge is 2.31. The maximum absolute atomic E-state index is 13.2. The lowest BCUT2D eigenvalue weighted by atomic mass is 10.0. The lowest BCUT2D eigenvalue weighted by Crippen LogP contribution is -2.29. The van der Waals surface area contributed by atoms with Gasteiger partial charge >= 0.3 is 0 Å². The number of hydrogen-bond donors (Lipinski definition) is 1.